The van der Waals surface area contributed by atoms with Crippen LogP contribution in [0, 0.1) is 0 Å². The van der Waals surface area contributed by atoms with Crippen molar-refractivity contribution in [2.45, 2.75) is 335 Å². The number of amides is 1. The predicted octanol–water partition coefficient (Wildman–Crippen LogP) is 17.8. The molecule has 0 fully saturated rings. The highest BCUT2D eigenvalue weighted by Crippen LogP contribution is 2.22. The Morgan fingerprint density at radius 2 is 0.629 bits per heavy atom. The van der Waals surface area contributed by atoms with Gasteiger partial charge in [-0.1, -0.05) is 195 Å². The zero-order valence-electron chi connectivity index (χ0n) is 47.7. The van der Waals surface area contributed by atoms with Gasteiger partial charge >= 0.3 is 18.0 Å². The Labute approximate surface area is 435 Å². The minimum absolute atomic E-state index is 0.00768. The molecule has 416 valence electrons. The van der Waals surface area contributed by atoms with E-state index in [1.807, 2.05) is 4.90 Å². The summed E-state index contributed by atoms with van der Waals surface area (Å²) in [4.78, 5) is 43.7. The second-order valence-electron chi connectivity index (χ2n) is 21.6. The van der Waals surface area contributed by atoms with E-state index in [4.69, 9.17) is 19.3 Å². The second-order valence-corrected chi connectivity index (χ2v) is 21.6. The van der Waals surface area contributed by atoms with Gasteiger partial charge in [-0.05, 0) is 130 Å². The number of hydrogen-bond acceptors (Lipinski definition) is 8. The molecule has 0 aliphatic rings. The van der Waals surface area contributed by atoms with Crippen LogP contribution in [0.5, 0.6) is 0 Å². The van der Waals surface area contributed by atoms with E-state index in [2.05, 4.69) is 46.7 Å². The standard InChI is InChI=1S/C61H120N2O7/c1-7-11-15-33-44-56(45-34-16-12-8-2)68-59(65)50-39-29-23-21-27-37-48-58(70-61(67)63(54-43-52-62(5)6)53-41-31-25-19-20-26-32-42-55-64)49-38-28-22-24-30-40-51-60(66)69-57(46-35-17-13-9-3)47-36-18-14-10-4/h56-58,64H,7-55H2,1-6H3. The van der Waals surface area contributed by atoms with Crippen LogP contribution in [-0.2, 0) is 23.8 Å². The monoisotopic (exact) mass is 993 g/mol. The summed E-state index contributed by atoms with van der Waals surface area (Å²) in [5.41, 5.74) is 0. The van der Waals surface area contributed by atoms with Crippen molar-refractivity contribution >= 4 is 18.0 Å². The molecule has 0 aromatic rings. The fraction of sp³-hybridized carbons (Fsp3) is 0.951. The van der Waals surface area contributed by atoms with Gasteiger partial charge in [-0.2, -0.15) is 0 Å². The van der Waals surface area contributed by atoms with E-state index in [0.29, 0.717) is 19.4 Å². The van der Waals surface area contributed by atoms with Crippen LogP contribution in [0.3, 0.4) is 0 Å². The molecule has 1 N–H and O–H groups in total. The van der Waals surface area contributed by atoms with Crippen molar-refractivity contribution in [3.8, 4) is 0 Å². The predicted molar refractivity (Wildman–Crippen MR) is 298 cm³/mol. The molecule has 0 atom stereocenters. The van der Waals surface area contributed by atoms with Crippen LogP contribution in [0.25, 0.3) is 0 Å². The molecule has 1 amide bonds. The van der Waals surface area contributed by atoms with Crippen LogP contribution >= 0.6 is 0 Å². The third kappa shape index (κ3) is 47.2. The molecule has 0 unspecified atom stereocenters. The summed E-state index contributed by atoms with van der Waals surface area (Å²) in [5, 5.41) is 9.06. The Bertz CT molecular complexity index is 1040. The van der Waals surface area contributed by atoms with Crippen molar-refractivity contribution in [1.82, 2.24) is 9.80 Å². The molecule has 9 heteroatoms. The summed E-state index contributed by atoms with van der Waals surface area (Å²) in [6.45, 7) is 11.7. The number of aliphatic hydroxyl groups is 1. The molecule has 70 heavy (non-hydrogen) atoms. The van der Waals surface area contributed by atoms with Crippen LogP contribution < -0.4 is 0 Å². The maximum atomic E-state index is 13.9. The van der Waals surface area contributed by atoms with Crippen LogP contribution in [0.4, 0.5) is 4.79 Å². The zero-order valence-corrected chi connectivity index (χ0v) is 47.7. The summed E-state index contributed by atoms with van der Waals surface area (Å²) in [6, 6.07) is 0. The Balaban J connectivity index is 5.10. The van der Waals surface area contributed by atoms with E-state index in [9.17, 15) is 14.4 Å². The summed E-state index contributed by atoms with van der Waals surface area (Å²) < 4.78 is 18.4. The average molecular weight is 994 g/mol. The molecule has 0 rings (SSSR count). The van der Waals surface area contributed by atoms with E-state index in [0.717, 1.165) is 193 Å². The molecule has 0 saturated heterocycles. The highest BCUT2D eigenvalue weighted by Gasteiger charge is 2.21. The lowest BCUT2D eigenvalue weighted by Gasteiger charge is -2.26. The van der Waals surface area contributed by atoms with Gasteiger partial charge in [0.15, 0.2) is 0 Å². The van der Waals surface area contributed by atoms with Gasteiger partial charge < -0.3 is 29.1 Å². The van der Waals surface area contributed by atoms with Gasteiger partial charge in [0.25, 0.3) is 0 Å². The summed E-state index contributed by atoms with van der Waals surface area (Å²) in [7, 11) is 4.18. The molecule has 0 aromatic heterocycles. The molecular formula is C61H120N2O7. The average Bonchev–Trinajstić information content (AvgIpc) is 3.34. The number of hydrogen-bond donors (Lipinski definition) is 1. The smallest absolute Gasteiger partial charge is 0.410 e. The van der Waals surface area contributed by atoms with Crippen molar-refractivity contribution in [3.05, 3.63) is 0 Å². The second kappa shape index (κ2) is 53.4. The number of esters is 2. The normalized spacial score (nSPS) is 11.7. The lowest BCUT2D eigenvalue weighted by atomic mass is 10.0. The molecular weight excluding hydrogens is 873 g/mol. The Morgan fingerprint density at radius 1 is 0.343 bits per heavy atom. The maximum absolute atomic E-state index is 13.9. The number of aliphatic hydroxyl groups excluding tert-OH is 1. The third-order valence-electron chi connectivity index (χ3n) is 14.3. The van der Waals surface area contributed by atoms with Crippen molar-refractivity contribution in [2.24, 2.45) is 0 Å². The first-order valence-corrected chi connectivity index (χ1v) is 30.8. The third-order valence-corrected chi connectivity index (χ3v) is 14.3. The van der Waals surface area contributed by atoms with Gasteiger partial charge in [-0.3, -0.25) is 9.59 Å². The molecule has 0 aliphatic carbocycles. The topological polar surface area (TPSA) is 106 Å². The molecule has 0 saturated carbocycles. The fourth-order valence-electron chi connectivity index (χ4n) is 9.73. The Kier molecular flexibility index (Phi) is 52.0. The van der Waals surface area contributed by atoms with Gasteiger partial charge in [0.1, 0.15) is 18.3 Å². The molecule has 0 aromatic carbocycles. The minimum atomic E-state index is -0.139. The molecule has 0 aliphatic heterocycles. The highest BCUT2D eigenvalue weighted by atomic mass is 16.6. The van der Waals surface area contributed by atoms with Gasteiger partial charge in [0.05, 0.1) is 0 Å². The number of ether oxygens (including phenoxy) is 3. The van der Waals surface area contributed by atoms with E-state index < -0.39 is 0 Å². The molecule has 0 spiro atoms. The largest absolute Gasteiger partial charge is 0.462 e. The molecule has 9 nitrogen and oxygen atoms in total. The lowest BCUT2D eigenvalue weighted by molar-refractivity contribution is -0.151. The Morgan fingerprint density at radius 3 is 0.971 bits per heavy atom. The number of rotatable bonds is 55. The van der Waals surface area contributed by atoms with Crippen molar-refractivity contribution in [3.63, 3.8) is 0 Å². The van der Waals surface area contributed by atoms with E-state index in [1.165, 1.54) is 103 Å². The number of unbranched alkanes of at least 4 members (excludes halogenated alkanes) is 29. The zero-order chi connectivity index (χ0) is 51.4. The SMILES string of the molecule is CCCCCCC(CCCCCC)OC(=O)CCCCCCCCC(CCCCCCCCC(=O)OC(CCCCCC)CCCCCC)OC(=O)N(CCCCCCCCCCO)CCCN(C)C. The van der Waals surface area contributed by atoms with E-state index in [1.54, 1.807) is 0 Å². The van der Waals surface area contributed by atoms with Crippen molar-refractivity contribution in [2.75, 3.05) is 40.3 Å². The first kappa shape index (κ1) is 68.1. The Hall–Kier alpha value is -1.87. The summed E-state index contributed by atoms with van der Waals surface area (Å²) in [5.74, 6) is -0.0154. The van der Waals surface area contributed by atoms with Crippen LogP contribution in [0.2, 0.25) is 0 Å². The lowest BCUT2D eigenvalue weighted by Crippen LogP contribution is -2.37. The van der Waals surface area contributed by atoms with Crippen LogP contribution in [0.1, 0.15) is 317 Å². The van der Waals surface area contributed by atoms with Crippen molar-refractivity contribution in [1.29, 1.82) is 0 Å². The van der Waals surface area contributed by atoms with E-state index in [-0.39, 0.29) is 36.3 Å². The van der Waals surface area contributed by atoms with Gasteiger partial charge in [0, 0.05) is 32.5 Å². The maximum Gasteiger partial charge on any atom is 0.410 e. The number of carbonyl (C=O) groups excluding carboxylic acids is 3. The van der Waals surface area contributed by atoms with Crippen molar-refractivity contribution < 1.29 is 33.7 Å². The number of carbonyl (C=O) groups is 3. The summed E-state index contributed by atoms with van der Waals surface area (Å²) in [6.07, 6.45) is 49.0. The number of nitrogens with zero attached hydrogens (tertiary/aromatic N) is 2. The van der Waals surface area contributed by atoms with Crippen LogP contribution in [0.15, 0.2) is 0 Å². The van der Waals surface area contributed by atoms with E-state index >= 15 is 0 Å². The van der Waals surface area contributed by atoms with Gasteiger partial charge in [-0.25, -0.2) is 4.79 Å². The quantitative estimate of drug-likeness (QED) is 0.0365. The fourth-order valence-corrected chi connectivity index (χ4v) is 9.73. The summed E-state index contributed by atoms with van der Waals surface area (Å²) >= 11 is 0. The molecule has 0 bridgehead atoms. The molecule has 0 heterocycles. The minimum Gasteiger partial charge on any atom is -0.462 e. The molecule has 0 radical (unpaired) electrons. The first-order valence-electron chi connectivity index (χ1n) is 30.8. The van der Waals surface area contributed by atoms with Gasteiger partial charge in [0.2, 0.25) is 0 Å². The highest BCUT2D eigenvalue weighted by molar-refractivity contribution is 5.70. The first-order chi connectivity index (χ1) is 34.2. The van der Waals surface area contributed by atoms with Gasteiger partial charge in [-0.15, -0.1) is 0 Å². The van der Waals surface area contributed by atoms with Crippen LogP contribution in [-0.4, -0.2) is 91.6 Å².